The molecule has 1 saturated carbocycles. The molecule has 46 heavy (non-hydrogen) atoms. The highest BCUT2D eigenvalue weighted by molar-refractivity contribution is 5.71. The fourth-order valence-corrected chi connectivity index (χ4v) is 7.15. The highest BCUT2D eigenvalue weighted by atomic mass is 16.6. The van der Waals surface area contributed by atoms with Crippen LogP contribution in [0.2, 0.25) is 0 Å². The maximum Gasteiger partial charge on any atom is 0.410 e. The van der Waals surface area contributed by atoms with E-state index in [0.29, 0.717) is 38.8 Å². The van der Waals surface area contributed by atoms with E-state index in [1.165, 1.54) is 0 Å². The molecule has 5 heterocycles. The van der Waals surface area contributed by atoms with Gasteiger partial charge in [0.1, 0.15) is 18.0 Å². The standard InChI is InChI=1S/C34H46N6O6/c1-33(2,3)46-32(42)40-25-9-10-26(40)18-38(17-25)29-27-19-39(31(41)44-21-24-7-5-4-6-8-24)20-28(27)35-30(36-29)45-23-34(11-12-34)22-37-13-15-43-16-14-37/h4-8,25-26H,9-23H2,1-3H3. The molecule has 248 valence electrons. The second-order valence-electron chi connectivity index (χ2n) is 14.5. The van der Waals surface area contributed by atoms with Crippen LogP contribution in [0.15, 0.2) is 30.3 Å². The third-order valence-electron chi connectivity index (χ3n) is 9.72. The quantitative estimate of drug-likeness (QED) is 0.419. The van der Waals surface area contributed by atoms with Crippen LogP contribution in [0, 0.1) is 5.41 Å². The number of benzene rings is 1. The third kappa shape index (κ3) is 6.88. The van der Waals surface area contributed by atoms with Gasteiger partial charge in [0, 0.05) is 43.7 Å². The van der Waals surface area contributed by atoms with Gasteiger partial charge in [-0.25, -0.2) is 9.59 Å². The zero-order valence-electron chi connectivity index (χ0n) is 27.3. The molecule has 2 unspecified atom stereocenters. The minimum Gasteiger partial charge on any atom is -0.463 e. The van der Waals surface area contributed by atoms with Crippen molar-refractivity contribution in [2.75, 3.05) is 57.4 Å². The SMILES string of the molecule is CC(C)(C)OC(=O)N1C2CCC1CN(c1nc(OCC3(CN4CCOCC4)CC3)nc3c1CN(C(=O)OCc1ccccc1)C3)C2. The Bertz CT molecular complexity index is 1410. The Balaban J connectivity index is 1.09. The molecule has 4 fully saturated rings. The summed E-state index contributed by atoms with van der Waals surface area (Å²) < 4.78 is 23.4. The molecule has 5 aliphatic rings. The van der Waals surface area contributed by atoms with Crippen LogP contribution in [0.5, 0.6) is 6.01 Å². The van der Waals surface area contributed by atoms with Crippen LogP contribution in [-0.4, -0.2) is 107 Å². The number of ether oxygens (including phenoxy) is 4. The van der Waals surface area contributed by atoms with Crippen molar-refractivity contribution in [2.24, 2.45) is 5.41 Å². The first kappa shape index (κ1) is 31.0. The Labute approximate surface area is 270 Å². The van der Waals surface area contributed by atoms with Crippen molar-refractivity contribution in [3.8, 4) is 6.01 Å². The predicted octanol–water partition coefficient (Wildman–Crippen LogP) is 4.21. The fourth-order valence-electron chi connectivity index (χ4n) is 7.15. The number of anilines is 1. The molecule has 1 aliphatic carbocycles. The topological polar surface area (TPSA) is 110 Å². The Morgan fingerprint density at radius 3 is 2.37 bits per heavy atom. The Kier molecular flexibility index (Phi) is 8.43. The van der Waals surface area contributed by atoms with Gasteiger partial charge in [-0.3, -0.25) is 14.7 Å². The van der Waals surface area contributed by atoms with E-state index in [-0.39, 0.29) is 36.3 Å². The minimum atomic E-state index is -0.549. The van der Waals surface area contributed by atoms with Crippen LogP contribution in [-0.2, 0) is 33.9 Å². The summed E-state index contributed by atoms with van der Waals surface area (Å²) in [7, 11) is 0. The number of fused-ring (bicyclic) bond motifs is 3. The summed E-state index contributed by atoms with van der Waals surface area (Å²) >= 11 is 0. The van der Waals surface area contributed by atoms with Crippen LogP contribution >= 0.6 is 0 Å². The van der Waals surface area contributed by atoms with Gasteiger partial charge in [0.05, 0.1) is 50.7 Å². The lowest BCUT2D eigenvalue weighted by Gasteiger charge is -2.42. The third-order valence-corrected chi connectivity index (χ3v) is 9.72. The van der Waals surface area contributed by atoms with Crippen LogP contribution in [0.25, 0.3) is 0 Å². The number of aromatic nitrogens is 2. The monoisotopic (exact) mass is 634 g/mol. The number of morpholine rings is 1. The Hall–Kier alpha value is -3.64. The van der Waals surface area contributed by atoms with Gasteiger partial charge in [0.15, 0.2) is 0 Å². The number of nitrogens with zero attached hydrogens (tertiary/aromatic N) is 6. The molecule has 3 saturated heterocycles. The van der Waals surface area contributed by atoms with E-state index < -0.39 is 5.60 Å². The highest BCUT2D eigenvalue weighted by Gasteiger charge is 2.47. The first-order chi connectivity index (χ1) is 22.1. The molecule has 1 aromatic carbocycles. The molecule has 0 spiro atoms. The number of rotatable bonds is 8. The Morgan fingerprint density at radius 1 is 0.978 bits per heavy atom. The minimum absolute atomic E-state index is 0.0279. The fraction of sp³-hybridized carbons (Fsp3) is 0.647. The van der Waals surface area contributed by atoms with Gasteiger partial charge in [0.25, 0.3) is 0 Å². The summed E-state index contributed by atoms with van der Waals surface area (Å²) in [5.41, 5.74) is 2.21. The van der Waals surface area contributed by atoms with Crippen LogP contribution < -0.4 is 9.64 Å². The number of piperazine rings is 1. The average Bonchev–Trinajstić information content (AvgIpc) is 3.56. The first-order valence-electron chi connectivity index (χ1n) is 16.7. The lowest BCUT2D eigenvalue weighted by Crippen LogP contribution is -2.57. The van der Waals surface area contributed by atoms with E-state index in [1.54, 1.807) is 4.90 Å². The summed E-state index contributed by atoms with van der Waals surface area (Å²) in [6, 6.07) is 10.1. The molecule has 0 N–H and O–H groups in total. The highest BCUT2D eigenvalue weighted by Crippen LogP contribution is 2.47. The number of carbonyl (C=O) groups is 2. The molecular formula is C34H46N6O6. The van der Waals surface area contributed by atoms with Crippen molar-refractivity contribution < 1.29 is 28.5 Å². The van der Waals surface area contributed by atoms with Gasteiger partial charge in [-0.15, -0.1) is 0 Å². The molecule has 2 aromatic rings. The summed E-state index contributed by atoms with van der Waals surface area (Å²) in [5, 5.41) is 0. The van der Waals surface area contributed by atoms with Crippen molar-refractivity contribution in [1.29, 1.82) is 0 Å². The Morgan fingerprint density at radius 2 is 1.70 bits per heavy atom. The number of hydrogen-bond donors (Lipinski definition) is 0. The zero-order chi connectivity index (χ0) is 31.9. The smallest absolute Gasteiger partial charge is 0.410 e. The van der Waals surface area contributed by atoms with Gasteiger partial charge in [-0.2, -0.15) is 9.97 Å². The van der Waals surface area contributed by atoms with E-state index in [4.69, 9.17) is 28.9 Å². The average molecular weight is 635 g/mol. The van der Waals surface area contributed by atoms with E-state index in [1.807, 2.05) is 56.0 Å². The van der Waals surface area contributed by atoms with E-state index in [0.717, 1.165) is 81.2 Å². The molecule has 12 heteroatoms. The summed E-state index contributed by atoms with van der Waals surface area (Å²) in [6.45, 7) is 12.9. The van der Waals surface area contributed by atoms with E-state index >= 15 is 0 Å². The molecule has 1 aromatic heterocycles. The van der Waals surface area contributed by atoms with Crippen molar-refractivity contribution in [3.63, 3.8) is 0 Å². The van der Waals surface area contributed by atoms with Gasteiger partial charge < -0.3 is 23.8 Å². The number of carbonyl (C=O) groups excluding carboxylic acids is 2. The molecule has 7 rings (SSSR count). The number of amides is 2. The first-order valence-corrected chi connectivity index (χ1v) is 16.7. The summed E-state index contributed by atoms with van der Waals surface area (Å²) in [6.07, 6.45) is 3.45. The lowest BCUT2D eigenvalue weighted by atomic mass is 10.1. The molecule has 2 atom stereocenters. The second kappa shape index (κ2) is 12.5. The lowest BCUT2D eigenvalue weighted by molar-refractivity contribution is 0.0122. The molecule has 0 radical (unpaired) electrons. The van der Waals surface area contributed by atoms with Gasteiger partial charge in [-0.05, 0) is 52.0 Å². The van der Waals surface area contributed by atoms with Crippen molar-refractivity contribution in [3.05, 3.63) is 47.2 Å². The van der Waals surface area contributed by atoms with Crippen LogP contribution in [0.3, 0.4) is 0 Å². The summed E-state index contributed by atoms with van der Waals surface area (Å²) in [4.78, 5) is 44.5. The van der Waals surface area contributed by atoms with E-state index in [2.05, 4.69) is 9.80 Å². The number of hydrogen-bond acceptors (Lipinski definition) is 10. The predicted molar refractivity (Wildman–Crippen MR) is 169 cm³/mol. The maximum atomic E-state index is 13.2. The van der Waals surface area contributed by atoms with Crippen LogP contribution in [0.4, 0.5) is 15.4 Å². The van der Waals surface area contributed by atoms with Crippen molar-refractivity contribution in [2.45, 2.75) is 83.8 Å². The summed E-state index contributed by atoms with van der Waals surface area (Å²) in [5.74, 6) is 0.789. The van der Waals surface area contributed by atoms with Gasteiger partial charge in [-0.1, -0.05) is 30.3 Å². The van der Waals surface area contributed by atoms with Crippen LogP contribution in [0.1, 0.15) is 63.3 Å². The molecule has 2 amide bonds. The molecular weight excluding hydrogens is 588 g/mol. The van der Waals surface area contributed by atoms with Crippen molar-refractivity contribution >= 4 is 18.0 Å². The molecule has 12 nitrogen and oxygen atoms in total. The van der Waals surface area contributed by atoms with Gasteiger partial charge >= 0.3 is 18.2 Å². The van der Waals surface area contributed by atoms with Gasteiger partial charge in [0.2, 0.25) is 0 Å². The zero-order valence-corrected chi connectivity index (χ0v) is 27.3. The molecule has 4 aliphatic heterocycles. The second-order valence-corrected chi connectivity index (χ2v) is 14.5. The molecule has 2 bridgehead atoms. The maximum absolute atomic E-state index is 13.2. The van der Waals surface area contributed by atoms with Crippen molar-refractivity contribution in [1.82, 2.24) is 24.7 Å². The largest absolute Gasteiger partial charge is 0.463 e. The normalized spacial score (nSPS) is 23.7. The van der Waals surface area contributed by atoms with E-state index in [9.17, 15) is 9.59 Å².